The van der Waals surface area contributed by atoms with E-state index >= 15 is 0 Å². The van der Waals surface area contributed by atoms with E-state index in [1.807, 2.05) is 4.90 Å². The molecule has 1 amide bonds. The molecule has 10 nitrogen and oxygen atoms in total. The number of carbonyl (C=O) groups is 2. The summed E-state index contributed by atoms with van der Waals surface area (Å²) >= 11 is 0. The maximum atomic E-state index is 12.6. The lowest BCUT2D eigenvalue weighted by Gasteiger charge is -2.26. The van der Waals surface area contributed by atoms with Crippen molar-refractivity contribution in [2.75, 3.05) is 13.1 Å². The minimum atomic E-state index is -0.576. The van der Waals surface area contributed by atoms with E-state index in [1.165, 1.54) is 29.1 Å². The van der Waals surface area contributed by atoms with Crippen LogP contribution in [-0.2, 0) is 0 Å². The first-order valence-electron chi connectivity index (χ1n) is 9.52. The summed E-state index contributed by atoms with van der Waals surface area (Å²) in [7, 11) is 0. The average Bonchev–Trinajstić information content (AvgIpc) is 3.29. The first-order chi connectivity index (χ1) is 14.5. The van der Waals surface area contributed by atoms with Crippen LogP contribution in [-0.4, -0.2) is 54.8 Å². The monoisotopic (exact) mass is 406 g/mol. The molecule has 4 rings (SSSR count). The molecule has 0 aliphatic carbocycles. The number of hydrogen-bond donors (Lipinski definition) is 0. The van der Waals surface area contributed by atoms with E-state index in [2.05, 4.69) is 15.4 Å². The van der Waals surface area contributed by atoms with Crippen molar-refractivity contribution >= 4 is 17.4 Å². The molecule has 10 heteroatoms. The van der Waals surface area contributed by atoms with E-state index in [-0.39, 0.29) is 23.0 Å². The zero-order valence-electron chi connectivity index (χ0n) is 16.0. The predicted octanol–water partition coefficient (Wildman–Crippen LogP) is 2.43. The van der Waals surface area contributed by atoms with Crippen LogP contribution in [0.25, 0.3) is 5.69 Å². The van der Waals surface area contributed by atoms with Gasteiger partial charge in [-0.05, 0) is 48.7 Å². The van der Waals surface area contributed by atoms with Gasteiger partial charge in [-0.2, -0.15) is 0 Å². The maximum absolute atomic E-state index is 12.6. The predicted molar refractivity (Wildman–Crippen MR) is 105 cm³/mol. The minimum absolute atomic E-state index is 0.00524. The number of piperidine rings is 1. The van der Waals surface area contributed by atoms with Crippen LogP contribution in [0.4, 0.5) is 5.69 Å². The maximum Gasteiger partial charge on any atom is 0.270 e. The molecule has 3 aromatic rings. The molecule has 0 atom stereocenters. The third-order valence-electron chi connectivity index (χ3n) is 4.92. The molecule has 1 aliphatic rings. The lowest BCUT2D eigenvalue weighted by Crippen LogP contribution is -2.35. The van der Waals surface area contributed by atoms with Gasteiger partial charge in [-0.15, -0.1) is 15.0 Å². The Morgan fingerprint density at radius 2 is 1.70 bits per heavy atom. The molecule has 2 heterocycles. The number of nitro benzene ring substituents is 1. The highest BCUT2D eigenvalue weighted by molar-refractivity contribution is 6.06. The Kier molecular flexibility index (Phi) is 5.29. The number of non-ortho nitro benzene ring substituents is 1. The number of nitrogens with zero attached hydrogens (tertiary/aromatic N) is 6. The lowest BCUT2D eigenvalue weighted by atomic mass is 10.1. The third-order valence-corrected chi connectivity index (χ3v) is 4.92. The zero-order chi connectivity index (χ0) is 21.1. The van der Waals surface area contributed by atoms with E-state index in [4.69, 9.17) is 0 Å². The Labute approximate surface area is 171 Å². The number of aromatic nitrogens is 4. The van der Waals surface area contributed by atoms with Crippen LogP contribution in [0, 0.1) is 10.1 Å². The highest BCUT2D eigenvalue weighted by Crippen LogP contribution is 2.17. The molecule has 0 unspecified atom stereocenters. The molecule has 2 aromatic carbocycles. The molecule has 1 aromatic heterocycles. The van der Waals surface area contributed by atoms with E-state index in [1.54, 1.807) is 24.3 Å². The second-order valence-electron chi connectivity index (χ2n) is 6.94. The molecule has 1 fully saturated rings. The number of benzene rings is 2. The van der Waals surface area contributed by atoms with Gasteiger partial charge in [-0.1, -0.05) is 12.1 Å². The van der Waals surface area contributed by atoms with E-state index < -0.39 is 10.7 Å². The Bertz CT molecular complexity index is 1100. The van der Waals surface area contributed by atoms with E-state index in [0.29, 0.717) is 11.3 Å². The van der Waals surface area contributed by atoms with E-state index in [0.717, 1.165) is 32.4 Å². The number of hydrogen-bond acceptors (Lipinski definition) is 7. The van der Waals surface area contributed by atoms with Crippen molar-refractivity contribution < 1.29 is 14.5 Å². The molecular weight excluding hydrogens is 388 g/mol. The summed E-state index contributed by atoms with van der Waals surface area (Å²) < 4.78 is 0. The van der Waals surface area contributed by atoms with Crippen LogP contribution in [0.15, 0.2) is 48.5 Å². The highest BCUT2D eigenvalue weighted by Gasteiger charge is 2.20. The summed E-state index contributed by atoms with van der Waals surface area (Å²) in [6, 6.07) is 12.1. The van der Waals surface area contributed by atoms with Gasteiger partial charge in [0.05, 0.1) is 10.6 Å². The number of tetrazole rings is 1. The molecule has 0 saturated carbocycles. The fourth-order valence-corrected chi connectivity index (χ4v) is 3.32. The average molecular weight is 406 g/mol. The largest absolute Gasteiger partial charge is 0.339 e. The second kappa shape index (κ2) is 8.19. The molecule has 0 spiro atoms. The van der Waals surface area contributed by atoms with Gasteiger partial charge < -0.3 is 4.90 Å². The summed E-state index contributed by atoms with van der Waals surface area (Å²) in [5.74, 6) is -0.750. The second-order valence-corrected chi connectivity index (χ2v) is 6.94. The van der Waals surface area contributed by atoms with Crippen LogP contribution in [0.5, 0.6) is 0 Å². The minimum Gasteiger partial charge on any atom is -0.339 e. The first kappa shape index (κ1) is 19.4. The highest BCUT2D eigenvalue weighted by atomic mass is 16.6. The summed E-state index contributed by atoms with van der Waals surface area (Å²) in [5.41, 5.74) is 1.03. The van der Waals surface area contributed by atoms with Crippen LogP contribution in [0.2, 0.25) is 0 Å². The first-order valence-corrected chi connectivity index (χ1v) is 9.52. The quantitative estimate of drug-likeness (QED) is 0.362. The summed E-state index contributed by atoms with van der Waals surface area (Å²) in [6.45, 7) is 1.54. The molecule has 152 valence electrons. The van der Waals surface area contributed by atoms with Gasteiger partial charge in [0.1, 0.15) is 0 Å². The van der Waals surface area contributed by atoms with Crippen LogP contribution < -0.4 is 0 Å². The van der Waals surface area contributed by atoms with Gasteiger partial charge in [0, 0.05) is 36.3 Å². The summed E-state index contributed by atoms with van der Waals surface area (Å²) in [6.07, 6.45) is 3.19. The molecule has 1 aliphatic heterocycles. The van der Waals surface area contributed by atoms with Crippen LogP contribution in [0.3, 0.4) is 0 Å². The van der Waals surface area contributed by atoms with Crippen molar-refractivity contribution in [3.05, 3.63) is 75.6 Å². The summed E-state index contributed by atoms with van der Waals surface area (Å²) in [5, 5.41) is 22.6. The molecular formula is C20H18N6O4. The lowest BCUT2D eigenvalue weighted by molar-refractivity contribution is -0.384. The van der Waals surface area contributed by atoms with Gasteiger partial charge in [-0.3, -0.25) is 19.7 Å². The fourth-order valence-electron chi connectivity index (χ4n) is 3.32. The molecule has 0 bridgehead atoms. The van der Waals surface area contributed by atoms with E-state index in [9.17, 15) is 19.7 Å². The van der Waals surface area contributed by atoms with Gasteiger partial charge in [0.2, 0.25) is 11.6 Å². The normalized spacial score (nSPS) is 13.8. The Morgan fingerprint density at radius 3 is 2.40 bits per heavy atom. The molecule has 30 heavy (non-hydrogen) atoms. The third kappa shape index (κ3) is 3.93. The number of ketones is 1. The van der Waals surface area contributed by atoms with Gasteiger partial charge in [0.25, 0.3) is 11.6 Å². The topological polar surface area (TPSA) is 124 Å². The molecule has 1 saturated heterocycles. The Balaban J connectivity index is 1.51. The number of nitro groups is 1. The molecule has 0 radical (unpaired) electrons. The van der Waals surface area contributed by atoms with Gasteiger partial charge in [0.15, 0.2) is 0 Å². The summed E-state index contributed by atoms with van der Waals surface area (Å²) in [4.78, 5) is 38.4. The Hall–Kier alpha value is -3.95. The van der Waals surface area contributed by atoms with Gasteiger partial charge in [-0.25, -0.2) is 0 Å². The number of rotatable bonds is 5. The van der Waals surface area contributed by atoms with Crippen molar-refractivity contribution in [1.82, 2.24) is 25.1 Å². The van der Waals surface area contributed by atoms with Gasteiger partial charge >= 0.3 is 0 Å². The van der Waals surface area contributed by atoms with Crippen LogP contribution >= 0.6 is 0 Å². The van der Waals surface area contributed by atoms with Crippen molar-refractivity contribution in [3.63, 3.8) is 0 Å². The standard InChI is InChI=1S/C20H18N6O4/c27-18(15-5-4-6-17(13-15)26(29)30)19-21-23-25(22-19)16-9-7-14(8-10-16)20(28)24-11-2-1-3-12-24/h4-10,13H,1-3,11-12H2. The number of carbonyl (C=O) groups excluding carboxylic acids is 2. The van der Waals surface area contributed by atoms with Crippen LogP contribution in [0.1, 0.15) is 45.8 Å². The molecule has 0 N–H and O–H groups in total. The van der Waals surface area contributed by atoms with Crippen molar-refractivity contribution in [2.45, 2.75) is 19.3 Å². The fraction of sp³-hybridized carbons (Fsp3) is 0.250. The van der Waals surface area contributed by atoms with Crippen molar-refractivity contribution in [2.24, 2.45) is 0 Å². The zero-order valence-corrected chi connectivity index (χ0v) is 16.0. The number of amides is 1. The number of likely N-dealkylation sites (tertiary alicyclic amines) is 1. The van der Waals surface area contributed by atoms with Crippen molar-refractivity contribution in [1.29, 1.82) is 0 Å². The van der Waals surface area contributed by atoms with Crippen molar-refractivity contribution in [3.8, 4) is 5.69 Å². The Morgan fingerprint density at radius 1 is 0.967 bits per heavy atom. The SMILES string of the molecule is O=C(c1cccc([N+](=O)[O-])c1)c1nnn(-c2ccc(C(=O)N3CCCCC3)cc2)n1. The smallest absolute Gasteiger partial charge is 0.270 e.